The van der Waals surface area contributed by atoms with E-state index in [9.17, 15) is 14.4 Å². The smallest absolute Gasteiger partial charge is 0.336 e. The third-order valence-corrected chi connectivity index (χ3v) is 6.61. The van der Waals surface area contributed by atoms with E-state index in [0.717, 1.165) is 5.56 Å². The van der Waals surface area contributed by atoms with Gasteiger partial charge in [-0.2, -0.15) is 0 Å². The Bertz CT molecular complexity index is 1230. The topological polar surface area (TPSA) is 104 Å². The van der Waals surface area contributed by atoms with E-state index >= 15 is 0 Å². The van der Waals surface area contributed by atoms with Crippen molar-refractivity contribution in [2.45, 2.75) is 39.0 Å². The van der Waals surface area contributed by atoms with E-state index in [1.54, 1.807) is 46.3 Å². The zero-order valence-electron chi connectivity index (χ0n) is 20.9. The second kappa shape index (κ2) is 10.8. The lowest BCUT2D eigenvalue weighted by molar-refractivity contribution is -0.152. The predicted molar refractivity (Wildman–Crippen MR) is 132 cm³/mol. The quantitative estimate of drug-likeness (QED) is 0.462. The molecule has 0 fully saturated rings. The fraction of sp³-hybridized carbons (Fsp3) is 0.357. The molecule has 8 heteroatoms. The first-order valence-electron chi connectivity index (χ1n) is 12.0. The first-order chi connectivity index (χ1) is 17.4. The highest BCUT2D eigenvalue weighted by Crippen LogP contribution is 2.49. The van der Waals surface area contributed by atoms with Gasteiger partial charge >= 0.3 is 11.9 Å². The van der Waals surface area contributed by atoms with Gasteiger partial charge in [0.25, 0.3) is 0 Å². The second-order valence-electron chi connectivity index (χ2n) is 8.64. The highest BCUT2D eigenvalue weighted by molar-refractivity contribution is 6.13. The molecule has 36 heavy (non-hydrogen) atoms. The molecule has 0 saturated carbocycles. The molecule has 0 saturated heterocycles. The number of hydrogen-bond acceptors (Lipinski definition) is 8. The van der Waals surface area contributed by atoms with E-state index in [0.29, 0.717) is 40.3 Å². The third kappa shape index (κ3) is 4.51. The van der Waals surface area contributed by atoms with E-state index in [-0.39, 0.29) is 19.0 Å². The monoisotopic (exact) mass is 490 g/mol. The van der Waals surface area contributed by atoms with Crippen molar-refractivity contribution in [3.63, 3.8) is 0 Å². The Labute approximate surface area is 210 Å². The summed E-state index contributed by atoms with van der Waals surface area (Å²) in [5.41, 5.74) is 3.37. The Morgan fingerprint density at radius 3 is 2.50 bits per heavy atom. The Hall–Kier alpha value is -3.94. The summed E-state index contributed by atoms with van der Waals surface area (Å²) in [6.45, 7) is 5.56. The van der Waals surface area contributed by atoms with Gasteiger partial charge in [-0.3, -0.25) is 14.6 Å². The van der Waals surface area contributed by atoms with Crippen LogP contribution in [-0.4, -0.2) is 43.0 Å². The molecule has 2 heterocycles. The van der Waals surface area contributed by atoms with Gasteiger partial charge in [0.15, 0.2) is 5.78 Å². The van der Waals surface area contributed by atoms with Gasteiger partial charge in [-0.05, 0) is 50.5 Å². The molecule has 1 aromatic heterocycles. The number of allylic oxidation sites excluding steroid dienone is 3. The first-order valence-corrected chi connectivity index (χ1v) is 12.0. The largest absolute Gasteiger partial charge is 0.496 e. The van der Waals surface area contributed by atoms with Gasteiger partial charge in [-0.15, -0.1) is 0 Å². The number of methoxy groups -OCH3 is 1. The van der Waals surface area contributed by atoms with E-state index in [4.69, 9.17) is 14.2 Å². The fourth-order valence-electron chi connectivity index (χ4n) is 5.16. The van der Waals surface area contributed by atoms with Crippen molar-refractivity contribution in [1.29, 1.82) is 0 Å². The second-order valence-corrected chi connectivity index (χ2v) is 8.64. The molecule has 3 atom stereocenters. The number of carbonyl (C=O) groups is 3. The number of ketones is 1. The molecule has 8 nitrogen and oxygen atoms in total. The number of Topliss-reactive ketones (excluding diaryl/α,β-unsaturated/α-hetero) is 1. The van der Waals surface area contributed by atoms with E-state index in [1.165, 1.54) is 0 Å². The van der Waals surface area contributed by atoms with Gasteiger partial charge in [-0.1, -0.05) is 24.3 Å². The maximum Gasteiger partial charge on any atom is 0.336 e. The highest BCUT2D eigenvalue weighted by Gasteiger charge is 2.49. The number of para-hydroxylation sites is 1. The minimum Gasteiger partial charge on any atom is -0.496 e. The van der Waals surface area contributed by atoms with Crippen LogP contribution in [-0.2, 0) is 23.9 Å². The lowest BCUT2D eigenvalue weighted by Crippen LogP contribution is -2.43. The number of nitrogens with zero attached hydrogens (tertiary/aromatic N) is 1. The molecule has 4 rings (SSSR count). The summed E-state index contributed by atoms with van der Waals surface area (Å²) >= 11 is 0. The fourth-order valence-corrected chi connectivity index (χ4v) is 5.16. The van der Waals surface area contributed by atoms with Crippen LogP contribution in [0.5, 0.6) is 5.75 Å². The molecule has 1 aliphatic carbocycles. The summed E-state index contributed by atoms with van der Waals surface area (Å²) in [5.74, 6) is -3.24. The molecule has 1 aromatic carbocycles. The summed E-state index contributed by atoms with van der Waals surface area (Å²) in [6, 6.07) is 10.9. The van der Waals surface area contributed by atoms with Crippen molar-refractivity contribution in [2.75, 3.05) is 20.3 Å². The number of aromatic nitrogens is 1. The van der Waals surface area contributed by atoms with Crippen LogP contribution in [0.25, 0.3) is 0 Å². The van der Waals surface area contributed by atoms with Gasteiger partial charge < -0.3 is 19.5 Å². The first kappa shape index (κ1) is 25.2. The molecule has 2 aliphatic rings. The molecule has 0 bridgehead atoms. The van der Waals surface area contributed by atoms with Crippen molar-refractivity contribution in [3.05, 3.63) is 82.5 Å². The lowest BCUT2D eigenvalue weighted by atomic mass is 9.67. The van der Waals surface area contributed by atoms with E-state index in [1.807, 2.05) is 30.3 Å². The van der Waals surface area contributed by atoms with Crippen molar-refractivity contribution < 1.29 is 28.6 Å². The van der Waals surface area contributed by atoms with Crippen LogP contribution < -0.4 is 10.1 Å². The van der Waals surface area contributed by atoms with Crippen LogP contribution >= 0.6 is 0 Å². The van der Waals surface area contributed by atoms with Crippen molar-refractivity contribution >= 4 is 17.7 Å². The maximum absolute atomic E-state index is 14.2. The normalized spacial score (nSPS) is 21.4. The average molecular weight is 491 g/mol. The number of carbonyl (C=O) groups excluding carboxylic acids is 3. The van der Waals surface area contributed by atoms with Gasteiger partial charge in [0, 0.05) is 41.2 Å². The van der Waals surface area contributed by atoms with Crippen molar-refractivity contribution in [3.8, 4) is 5.75 Å². The molecule has 0 amide bonds. The average Bonchev–Trinajstić information content (AvgIpc) is 2.88. The number of nitrogens with one attached hydrogen (secondary N) is 1. The van der Waals surface area contributed by atoms with Gasteiger partial charge in [-0.25, -0.2) is 4.79 Å². The lowest BCUT2D eigenvalue weighted by Gasteiger charge is -2.39. The Balaban J connectivity index is 1.91. The molecule has 1 N–H and O–H groups in total. The number of benzene rings is 1. The molecule has 0 spiro atoms. The Kier molecular flexibility index (Phi) is 7.52. The number of pyridine rings is 1. The third-order valence-electron chi connectivity index (χ3n) is 6.61. The number of esters is 2. The zero-order valence-corrected chi connectivity index (χ0v) is 20.9. The summed E-state index contributed by atoms with van der Waals surface area (Å²) in [7, 11) is 1.56. The molecular weight excluding hydrogens is 460 g/mol. The summed E-state index contributed by atoms with van der Waals surface area (Å²) in [6.07, 6.45) is 3.61. The zero-order chi connectivity index (χ0) is 25.8. The van der Waals surface area contributed by atoms with E-state index in [2.05, 4.69) is 10.3 Å². The Morgan fingerprint density at radius 1 is 1.08 bits per heavy atom. The van der Waals surface area contributed by atoms with Crippen LogP contribution in [0.15, 0.2) is 71.3 Å². The Morgan fingerprint density at radius 2 is 1.83 bits per heavy atom. The standard InChI is InChI=1S/C28H30N2O6/c1-5-35-27(32)22-16(3)30-20-14-19(18-11-7-8-12-21(18)34-4)24(28(33)36-6-2)26(31)25(20)23(22)17-10-9-13-29-15-17/h7-13,15,19,23-24,30H,5-6,14H2,1-4H3/t19-,23+,24-/m0/s1. The number of hydrogen-bond donors (Lipinski definition) is 1. The van der Waals surface area contributed by atoms with Crippen LogP contribution in [0, 0.1) is 5.92 Å². The predicted octanol–water partition coefficient (Wildman–Crippen LogP) is 3.80. The van der Waals surface area contributed by atoms with Crippen LogP contribution in [0.3, 0.4) is 0 Å². The molecule has 188 valence electrons. The molecular formula is C28H30N2O6. The molecule has 1 aliphatic heterocycles. The van der Waals surface area contributed by atoms with Crippen LogP contribution in [0.2, 0.25) is 0 Å². The van der Waals surface area contributed by atoms with Crippen LogP contribution in [0.4, 0.5) is 0 Å². The SMILES string of the molecule is CCOC(=O)C1=C(C)NC2=C(C(=O)[C@@H](C(=O)OCC)[C@H](c3ccccc3OC)C2)[C@@H]1c1cccnc1. The van der Waals surface area contributed by atoms with Crippen molar-refractivity contribution in [1.82, 2.24) is 10.3 Å². The summed E-state index contributed by atoms with van der Waals surface area (Å²) in [4.78, 5) is 44.8. The van der Waals surface area contributed by atoms with Crippen molar-refractivity contribution in [2.24, 2.45) is 5.92 Å². The van der Waals surface area contributed by atoms with Gasteiger partial charge in [0.2, 0.25) is 0 Å². The van der Waals surface area contributed by atoms with E-state index < -0.39 is 29.7 Å². The number of dihydropyridines is 1. The minimum atomic E-state index is -1.09. The molecule has 0 radical (unpaired) electrons. The van der Waals surface area contributed by atoms with Gasteiger partial charge in [0.05, 0.1) is 25.9 Å². The van der Waals surface area contributed by atoms with Gasteiger partial charge in [0.1, 0.15) is 11.7 Å². The summed E-state index contributed by atoms with van der Waals surface area (Å²) < 4.78 is 16.3. The van der Waals surface area contributed by atoms with Crippen LogP contribution in [0.1, 0.15) is 50.2 Å². The minimum absolute atomic E-state index is 0.143. The summed E-state index contributed by atoms with van der Waals surface area (Å²) in [5, 5.41) is 3.29. The molecule has 0 unspecified atom stereocenters. The highest BCUT2D eigenvalue weighted by atomic mass is 16.5. The number of rotatable bonds is 7. The molecule has 2 aromatic rings. The maximum atomic E-state index is 14.2. The number of ether oxygens (including phenoxy) is 3.